The minimum absolute atomic E-state index is 0.0231. The van der Waals surface area contributed by atoms with Crippen LogP contribution in [0.5, 0.6) is 0 Å². The number of rotatable bonds is 9. The van der Waals surface area contributed by atoms with Crippen LogP contribution >= 0.6 is 0 Å². The predicted molar refractivity (Wildman–Crippen MR) is 141 cm³/mol. The molecule has 1 saturated carbocycles. The molecule has 3 aromatic rings. The van der Waals surface area contributed by atoms with E-state index in [-0.39, 0.29) is 24.3 Å². The summed E-state index contributed by atoms with van der Waals surface area (Å²) in [7, 11) is 0. The third kappa shape index (κ3) is 6.82. The summed E-state index contributed by atoms with van der Waals surface area (Å²) in [6, 6.07) is 25.8. The van der Waals surface area contributed by atoms with Crippen LogP contribution in [0.4, 0.5) is 0 Å². The lowest BCUT2D eigenvalue weighted by Crippen LogP contribution is -2.52. The number of hydrogen-bond donors (Lipinski definition) is 1. The van der Waals surface area contributed by atoms with Crippen molar-refractivity contribution in [3.05, 3.63) is 107 Å². The van der Waals surface area contributed by atoms with Crippen LogP contribution in [0, 0.1) is 13.8 Å². The third-order valence-electron chi connectivity index (χ3n) is 7.01. The topological polar surface area (TPSA) is 49.4 Å². The van der Waals surface area contributed by atoms with Gasteiger partial charge >= 0.3 is 0 Å². The molecule has 182 valence electrons. The highest BCUT2D eigenvalue weighted by atomic mass is 16.2. The zero-order valence-electron chi connectivity index (χ0n) is 20.9. The molecule has 1 unspecified atom stereocenters. The van der Waals surface area contributed by atoms with Crippen molar-refractivity contribution in [3.8, 4) is 0 Å². The Hall–Kier alpha value is -3.40. The number of hydrogen-bond acceptors (Lipinski definition) is 2. The summed E-state index contributed by atoms with van der Waals surface area (Å²) < 4.78 is 0. The van der Waals surface area contributed by atoms with Crippen molar-refractivity contribution >= 4 is 11.8 Å². The Bertz CT molecular complexity index is 1120. The fourth-order valence-electron chi connectivity index (χ4n) is 4.96. The molecule has 0 saturated heterocycles. The van der Waals surface area contributed by atoms with Crippen molar-refractivity contribution in [1.82, 2.24) is 10.2 Å². The normalized spacial score (nSPS) is 14.5. The largest absolute Gasteiger partial charge is 0.352 e. The first-order valence-electron chi connectivity index (χ1n) is 12.7. The molecule has 3 aromatic carbocycles. The van der Waals surface area contributed by atoms with E-state index in [0.29, 0.717) is 13.0 Å². The smallest absolute Gasteiger partial charge is 0.243 e. The van der Waals surface area contributed by atoms with E-state index in [1.54, 1.807) is 4.90 Å². The van der Waals surface area contributed by atoms with Crippen LogP contribution in [0.25, 0.3) is 0 Å². The molecule has 0 spiro atoms. The number of nitrogens with one attached hydrogen (secondary N) is 1. The maximum atomic E-state index is 13.9. The van der Waals surface area contributed by atoms with Crippen molar-refractivity contribution in [1.29, 1.82) is 0 Å². The Balaban J connectivity index is 1.66. The van der Waals surface area contributed by atoms with E-state index >= 15 is 0 Å². The quantitative estimate of drug-likeness (QED) is 0.448. The van der Waals surface area contributed by atoms with Crippen molar-refractivity contribution in [3.63, 3.8) is 0 Å². The molecule has 1 aliphatic carbocycles. The van der Waals surface area contributed by atoms with Gasteiger partial charge < -0.3 is 10.2 Å². The van der Waals surface area contributed by atoms with E-state index in [9.17, 15) is 9.59 Å². The van der Waals surface area contributed by atoms with Crippen LogP contribution < -0.4 is 5.32 Å². The van der Waals surface area contributed by atoms with Crippen molar-refractivity contribution in [2.24, 2.45) is 0 Å². The molecule has 1 atom stereocenters. The van der Waals surface area contributed by atoms with Crippen LogP contribution in [0.3, 0.4) is 0 Å². The average Bonchev–Trinajstić information content (AvgIpc) is 3.38. The fourth-order valence-corrected chi connectivity index (χ4v) is 4.96. The number of carbonyl (C=O) groups is 2. The molecule has 35 heavy (non-hydrogen) atoms. The van der Waals surface area contributed by atoms with Crippen LogP contribution in [0.2, 0.25) is 0 Å². The van der Waals surface area contributed by atoms with Gasteiger partial charge in [-0.25, -0.2) is 0 Å². The van der Waals surface area contributed by atoms with Crippen molar-refractivity contribution in [2.45, 2.75) is 71.0 Å². The fraction of sp³-hybridized carbons (Fsp3) is 0.355. The van der Waals surface area contributed by atoms with Crippen molar-refractivity contribution in [2.75, 3.05) is 0 Å². The molecule has 0 aliphatic heterocycles. The van der Waals surface area contributed by atoms with Gasteiger partial charge in [-0.3, -0.25) is 9.59 Å². The average molecular weight is 469 g/mol. The second-order valence-corrected chi connectivity index (χ2v) is 9.81. The molecular formula is C31H36N2O2. The maximum Gasteiger partial charge on any atom is 0.243 e. The zero-order valence-corrected chi connectivity index (χ0v) is 20.9. The summed E-state index contributed by atoms with van der Waals surface area (Å²) >= 11 is 0. The van der Waals surface area contributed by atoms with Crippen molar-refractivity contribution < 1.29 is 9.59 Å². The van der Waals surface area contributed by atoms with Crippen LogP contribution in [-0.4, -0.2) is 28.8 Å². The van der Waals surface area contributed by atoms with Crippen LogP contribution in [0.1, 0.15) is 53.5 Å². The van der Waals surface area contributed by atoms with E-state index in [4.69, 9.17) is 0 Å². The van der Waals surface area contributed by atoms with Gasteiger partial charge in [0.1, 0.15) is 6.04 Å². The first-order chi connectivity index (χ1) is 17.0. The Kier molecular flexibility index (Phi) is 8.36. The molecule has 0 radical (unpaired) electrons. The summed E-state index contributed by atoms with van der Waals surface area (Å²) in [6.07, 6.45) is 5.09. The van der Waals surface area contributed by atoms with Gasteiger partial charge in [-0.05, 0) is 48.9 Å². The van der Waals surface area contributed by atoms with Crippen LogP contribution in [0.15, 0.2) is 78.9 Å². The number of aryl methyl sites for hydroxylation is 2. The van der Waals surface area contributed by atoms with Gasteiger partial charge in [0.2, 0.25) is 11.8 Å². The molecule has 1 N–H and O–H groups in total. The van der Waals surface area contributed by atoms with E-state index in [0.717, 1.165) is 53.5 Å². The van der Waals surface area contributed by atoms with Gasteiger partial charge in [-0.1, -0.05) is 97.3 Å². The molecule has 0 heterocycles. The lowest BCUT2D eigenvalue weighted by molar-refractivity contribution is -0.141. The minimum Gasteiger partial charge on any atom is -0.352 e. The van der Waals surface area contributed by atoms with Gasteiger partial charge in [0, 0.05) is 19.0 Å². The summed E-state index contributed by atoms with van der Waals surface area (Å²) in [4.78, 5) is 29.4. The Labute approximate surface area is 209 Å². The van der Waals surface area contributed by atoms with Gasteiger partial charge in [-0.2, -0.15) is 0 Å². The summed E-state index contributed by atoms with van der Waals surface area (Å²) in [5.74, 6) is -0.0731. The van der Waals surface area contributed by atoms with Gasteiger partial charge in [-0.15, -0.1) is 0 Å². The molecule has 0 bridgehead atoms. The highest BCUT2D eigenvalue weighted by Crippen LogP contribution is 2.21. The number of amides is 2. The predicted octanol–water partition coefficient (Wildman–Crippen LogP) is 5.54. The molecule has 4 nitrogen and oxygen atoms in total. The lowest BCUT2D eigenvalue weighted by Gasteiger charge is -2.32. The first kappa shape index (κ1) is 24.7. The number of benzene rings is 3. The minimum atomic E-state index is -0.573. The third-order valence-corrected chi connectivity index (χ3v) is 7.01. The number of carbonyl (C=O) groups excluding carboxylic acids is 2. The van der Waals surface area contributed by atoms with Gasteiger partial charge in [0.05, 0.1) is 6.42 Å². The summed E-state index contributed by atoms with van der Waals surface area (Å²) in [5, 5.41) is 3.27. The van der Waals surface area contributed by atoms with Gasteiger partial charge in [0.15, 0.2) is 0 Å². The molecular weight excluding hydrogens is 432 g/mol. The standard InChI is InChI=1S/C31H36N2O2/c1-23-17-18-24(2)27(19-23)21-30(34)33(22-26-13-7-4-8-14-26)29(20-25-11-5-3-6-12-25)31(35)32-28-15-9-10-16-28/h3-8,11-14,17-19,28-29H,9-10,15-16,20-22H2,1-2H3,(H,32,35). The molecule has 1 aliphatic rings. The van der Waals surface area contributed by atoms with E-state index in [1.807, 2.05) is 74.5 Å². The molecule has 1 fully saturated rings. The monoisotopic (exact) mass is 468 g/mol. The second-order valence-electron chi connectivity index (χ2n) is 9.81. The molecule has 4 heteroatoms. The highest BCUT2D eigenvalue weighted by molar-refractivity contribution is 5.89. The zero-order chi connectivity index (χ0) is 24.6. The maximum absolute atomic E-state index is 13.9. The number of nitrogens with zero attached hydrogens (tertiary/aromatic N) is 1. The summed E-state index contributed by atoms with van der Waals surface area (Å²) in [6.45, 7) is 4.49. The molecule has 4 rings (SSSR count). The highest BCUT2D eigenvalue weighted by Gasteiger charge is 2.32. The summed E-state index contributed by atoms with van der Waals surface area (Å²) in [5.41, 5.74) is 5.32. The molecule has 0 aromatic heterocycles. The van der Waals surface area contributed by atoms with E-state index in [1.165, 1.54) is 0 Å². The Morgan fingerprint density at radius 1 is 0.886 bits per heavy atom. The Morgan fingerprint density at radius 3 is 2.17 bits per heavy atom. The second kappa shape index (κ2) is 11.8. The van der Waals surface area contributed by atoms with E-state index < -0.39 is 6.04 Å². The van der Waals surface area contributed by atoms with E-state index in [2.05, 4.69) is 23.5 Å². The SMILES string of the molecule is Cc1ccc(C)c(CC(=O)N(Cc2ccccc2)C(Cc2ccccc2)C(=O)NC2CCCC2)c1. The Morgan fingerprint density at radius 2 is 1.51 bits per heavy atom. The van der Waals surface area contributed by atoms with Crippen LogP contribution in [-0.2, 0) is 29.0 Å². The first-order valence-corrected chi connectivity index (χ1v) is 12.7. The lowest BCUT2D eigenvalue weighted by atomic mass is 9.99. The van der Waals surface area contributed by atoms with Gasteiger partial charge in [0.25, 0.3) is 0 Å². The molecule has 2 amide bonds.